The lowest BCUT2D eigenvalue weighted by atomic mass is 10.1. The molecule has 4 nitrogen and oxygen atoms in total. The minimum Gasteiger partial charge on any atom is -0.352 e. The van der Waals surface area contributed by atoms with Crippen molar-refractivity contribution in [2.75, 3.05) is 18.0 Å². The molecule has 0 bridgehead atoms. The Kier molecular flexibility index (Phi) is 2.95. The molecule has 15 heavy (non-hydrogen) atoms. The zero-order valence-corrected chi connectivity index (χ0v) is 9.61. The van der Waals surface area contributed by atoms with E-state index in [9.17, 15) is 0 Å². The molecule has 1 aromatic rings. The molecule has 0 spiro atoms. The zero-order valence-electron chi connectivity index (χ0n) is 9.61. The molecule has 84 valence electrons. The Balaban J connectivity index is 2.15. The van der Waals surface area contributed by atoms with Crippen molar-refractivity contribution in [2.24, 2.45) is 12.8 Å². The molecule has 0 saturated carbocycles. The fraction of sp³-hybridized carbons (Fsp3) is 0.727. The first-order chi connectivity index (χ1) is 7.22. The lowest BCUT2D eigenvalue weighted by molar-refractivity contribution is 0.609. The molecule has 2 rings (SSSR count). The Morgan fingerprint density at radius 2 is 2.40 bits per heavy atom. The highest BCUT2D eigenvalue weighted by Crippen LogP contribution is 2.26. The van der Waals surface area contributed by atoms with E-state index >= 15 is 0 Å². The van der Waals surface area contributed by atoms with Crippen LogP contribution in [0, 0.1) is 6.92 Å². The summed E-state index contributed by atoms with van der Waals surface area (Å²) in [6.45, 7) is 3.98. The molecule has 4 heteroatoms. The Morgan fingerprint density at radius 3 is 3.00 bits per heavy atom. The molecule has 0 amide bonds. The molecule has 1 aliphatic rings. The number of hydrogen-bond donors (Lipinski definition) is 1. The number of anilines is 1. The fourth-order valence-electron chi connectivity index (χ4n) is 2.31. The minimum atomic E-state index is 0.601. The van der Waals surface area contributed by atoms with Crippen LogP contribution < -0.4 is 10.6 Å². The van der Waals surface area contributed by atoms with Crippen molar-refractivity contribution in [3.8, 4) is 0 Å². The van der Waals surface area contributed by atoms with Gasteiger partial charge in [-0.3, -0.25) is 4.68 Å². The van der Waals surface area contributed by atoms with Crippen LogP contribution in [0.2, 0.25) is 0 Å². The molecule has 1 saturated heterocycles. The molecular formula is C11H20N4. The molecule has 0 radical (unpaired) electrons. The number of hydrogen-bond acceptors (Lipinski definition) is 3. The van der Waals surface area contributed by atoms with Gasteiger partial charge in [0.2, 0.25) is 0 Å². The highest BCUT2D eigenvalue weighted by molar-refractivity contribution is 5.42. The maximum absolute atomic E-state index is 5.63. The second kappa shape index (κ2) is 4.23. The Morgan fingerprint density at radius 1 is 1.60 bits per heavy atom. The number of nitrogens with zero attached hydrogens (tertiary/aromatic N) is 3. The van der Waals surface area contributed by atoms with Gasteiger partial charge in [0.05, 0.1) is 0 Å². The van der Waals surface area contributed by atoms with Crippen LogP contribution in [0.1, 0.15) is 25.0 Å². The van der Waals surface area contributed by atoms with Crippen molar-refractivity contribution >= 4 is 5.82 Å². The third kappa shape index (κ3) is 2.00. The van der Waals surface area contributed by atoms with Crippen molar-refractivity contribution < 1.29 is 0 Å². The van der Waals surface area contributed by atoms with Crippen LogP contribution in [-0.2, 0) is 7.05 Å². The highest BCUT2D eigenvalue weighted by atomic mass is 15.4. The maximum Gasteiger partial charge on any atom is 0.151 e. The smallest absolute Gasteiger partial charge is 0.151 e. The van der Waals surface area contributed by atoms with Gasteiger partial charge >= 0.3 is 0 Å². The molecular weight excluding hydrogens is 188 g/mol. The second-order valence-corrected chi connectivity index (χ2v) is 4.33. The van der Waals surface area contributed by atoms with Gasteiger partial charge in [-0.1, -0.05) is 0 Å². The molecule has 1 unspecified atom stereocenters. The van der Waals surface area contributed by atoms with E-state index in [-0.39, 0.29) is 0 Å². The summed E-state index contributed by atoms with van der Waals surface area (Å²) in [4.78, 5) is 2.40. The van der Waals surface area contributed by atoms with E-state index < -0.39 is 0 Å². The standard InChI is InChI=1S/C11H20N4/c1-9-8-11(13-14(9)2)15-7-3-4-10(15)5-6-12/h8,10H,3-7,12H2,1-2H3. The predicted octanol–water partition coefficient (Wildman–Crippen LogP) is 1.05. The Bertz CT molecular complexity index is 312. The lowest BCUT2D eigenvalue weighted by Gasteiger charge is -2.23. The van der Waals surface area contributed by atoms with Crippen molar-refractivity contribution in [3.05, 3.63) is 11.8 Å². The van der Waals surface area contributed by atoms with Crippen LogP contribution in [0.5, 0.6) is 0 Å². The Hall–Kier alpha value is -1.03. The first-order valence-corrected chi connectivity index (χ1v) is 5.69. The summed E-state index contributed by atoms with van der Waals surface area (Å²) in [5.41, 5.74) is 6.84. The van der Waals surface area contributed by atoms with Crippen molar-refractivity contribution in [3.63, 3.8) is 0 Å². The third-order valence-corrected chi connectivity index (χ3v) is 3.27. The van der Waals surface area contributed by atoms with Gasteiger partial charge in [-0.05, 0) is 32.7 Å². The third-order valence-electron chi connectivity index (χ3n) is 3.27. The number of rotatable bonds is 3. The first kappa shape index (κ1) is 10.5. The van der Waals surface area contributed by atoms with E-state index in [0.717, 1.165) is 25.3 Å². The van der Waals surface area contributed by atoms with Crippen molar-refractivity contribution in [1.29, 1.82) is 0 Å². The van der Waals surface area contributed by atoms with Gasteiger partial charge in [-0.25, -0.2) is 0 Å². The van der Waals surface area contributed by atoms with E-state index in [4.69, 9.17) is 5.73 Å². The van der Waals surface area contributed by atoms with E-state index in [1.807, 2.05) is 11.7 Å². The van der Waals surface area contributed by atoms with Gasteiger partial charge in [-0.15, -0.1) is 0 Å². The number of aromatic nitrogens is 2. The summed E-state index contributed by atoms with van der Waals surface area (Å²) in [5, 5.41) is 4.53. The molecule has 0 aliphatic carbocycles. The van der Waals surface area contributed by atoms with Gasteiger partial charge in [0.15, 0.2) is 5.82 Å². The molecule has 1 aromatic heterocycles. The topological polar surface area (TPSA) is 47.1 Å². The van der Waals surface area contributed by atoms with Crippen molar-refractivity contribution in [2.45, 2.75) is 32.2 Å². The maximum atomic E-state index is 5.63. The highest BCUT2D eigenvalue weighted by Gasteiger charge is 2.25. The number of aryl methyl sites for hydroxylation is 2. The Labute approximate surface area is 91.1 Å². The van der Waals surface area contributed by atoms with Crippen molar-refractivity contribution in [1.82, 2.24) is 9.78 Å². The second-order valence-electron chi connectivity index (χ2n) is 4.33. The van der Waals surface area contributed by atoms with Crippen LogP contribution in [-0.4, -0.2) is 28.9 Å². The van der Waals surface area contributed by atoms with Gasteiger partial charge in [0, 0.05) is 31.4 Å². The average molecular weight is 208 g/mol. The van der Waals surface area contributed by atoms with E-state index in [2.05, 4.69) is 23.0 Å². The monoisotopic (exact) mass is 208 g/mol. The largest absolute Gasteiger partial charge is 0.352 e. The lowest BCUT2D eigenvalue weighted by Crippen LogP contribution is -2.31. The summed E-state index contributed by atoms with van der Waals surface area (Å²) in [5.74, 6) is 1.12. The average Bonchev–Trinajstić information content (AvgIpc) is 2.76. The SMILES string of the molecule is Cc1cc(N2CCCC2CCN)nn1C. The number of nitrogens with two attached hydrogens (primary N) is 1. The summed E-state index contributed by atoms with van der Waals surface area (Å²) in [6, 6.07) is 2.76. The molecule has 2 heterocycles. The van der Waals surface area contributed by atoms with Crippen LogP contribution in [0.25, 0.3) is 0 Å². The van der Waals surface area contributed by atoms with Crippen LogP contribution in [0.15, 0.2) is 6.07 Å². The van der Waals surface area contributed by atoms with Crippen LogP contribution in [0.4, 0.5) is 5.82 Å². The minimum absolute atomic E-state index is 0.601. The van der Waals surface area contributed by atoms with E-state index in [1.54, 1.807) is 0 Å². The predicted molar refractivity (Wildman–Crippen MR) is 62.0 cm³/mol. The quantitative estimate of drug-likeness (QED) is 0.807. The van der Waals surface area contributed by atoms with Gasteiger partial charge in [0.25, 0.3) is 0 Å². The summed E-state index contributed by atoms with van der Waals surface area (Å²) in [7, 11) is 1.99. The molecule has 2 N–H and O–H groups in total. The van der Waals surface area contributed by atoms with Gasteiger partial charge in [0.1, 0.15) is 0 Å². The normalized spacial score (nSPS) is 21.3. The zero-order chi connectivity index (χ0) is 10.8. The fourth-order valence-corrected chi connectivity index (χ4v) is 2.31. The van der Waals surface area contributed by atoms with Crippen LogP contribution >= 0.6 is 0 Å². The first-order valence-electron chi connectivity index (χ1n) is 5.69. The van der Waals surface area contributed by atoms with Gasteiger partial charge in [-0.2, -0.15) is 5.10 Å². The molecule has 1 fully saturated rings. The van der Waals surface area contributed by atoms with Crippen LogP contribution in [0.3, 0.4) is 0 Å². The molecule has 0 aromatic carbocycles. The molecule has 1 aliphatic heterocycles. The van der Waals surface area contributed by atoms with Gasteiger partial charge < -0.3 is 10.6 Å². The summed E-state index contributed by atoms with van der Waals surface area (Å²) >= 11 is 0. The summed E-state index contributed by atoms with van der Waals surface area (Å²) in [6.07, 6.45) is 3.60. The molecule has 1 atom stereocenters. The van der Waals surface area contributed by atoms with E-state index in [0.29, 0.717) is 6.04 Å². The summed E-state index contributed by atoms with van der Waals surface area (Å²) < 4.78 is 1.94. The van der Waals surface area contributed by atoms with E-state index in [1.165, 1.54) is 18.5 Å².